The molecule has 2 aromatic carbocycles. The minimum atomic E-state index is -0.326. The summed E-state index contributed by atoms with van der Waals surface area (Å²) in [6.07, 6.45) is 0. The van der Waals surface area contributed by atoms with Gasteiger partial charge in [-0.05, 0) is 24.2 Å². The molecule has 0 saturated heterocycles. The second kappa shape index (κ2) is 6.31. The SMILES string of the molecule is [2H]c1c([2H])c(Cl)c(-c2cc(Cl)c(OC)c(OC)c2Cl)c([2H])c1Cl. The van der Waals surface area contributed by atoms with E-state index in [0.29, 0.717) is 0 Å². The molecule has 0 aromatic heterocycles. The van der Waals surface area contributed by atoms with E-state index in [4.69, 9.17) is 60.0 Å². The van der Waals surface area contributed by atoms with Crippen LogP contribution in [-0.2, 0) is 0 Å². The Balaban J connectivity index is 2.92. The molecule has 0 aliphatic rings. The molecule has 0 amide bonds. The Morgan fingerprint density at radius 2 is 1.55 bits per heavy atom. The van der Waals surface area contributed by atoms with Crippen LogP contribution in [0.3, 0.4) is 0 Å². The number of rotatable bonds is 3. The fourth-order valence-corrected chi connectivity index (χ4v) is 2.62. The number of halogens is 4. The normalized spacial score (nSPS) is 12.6. The molecule has 6 heteroatoms. The van der Waals surface area contributed by atoms with Crippen LogP contribution in [0.2, 0.25) is 20.1 Å². The van der Waals surface area contributed by atoms with Crippen molar-refractivity contribution in [2.45, 2.75) is 0 Å². The third-order valence-corrected chi connectivity index (χ3v) is 3.67. The van der Waals surface area contributed by atoms with Crippen molar-refractivity contribution in [2.24, 2.45) is 0 Å². The van der Waals surface area contributed by atoms with Gasteiger partial charge in [0.05, 0.1) is 28.4 Å². The quantitative estimate of drug-likeness (QED) is 0.674. The van der Waals surface area contributed by atoms with Crippen LogP contribution in [0.1, 0.15) is 4.11 Å². The fraction of sp³-hybridized carbons (Fsp3) is 0.143. The highest BCUT2D eigenvalue weighted by atomic mass is 35.5. The predicted octanol–water partition coefficient (Wildman–Crippen LogP) is 5.98. The van der Waals surface area contributed by atoms with E-state index in [1.165, 1.54) is 20.3 Å². The molecule has 0 N–H and O–H groups in total. The van der Waals surface area contributed by atoms with Gasteiger partial charge in [-0.15, -0.1) is 0 Å². The van der Waals surface area contributed by atoms with Crippen LogP contribution in [0.25, 0.3) is 11.1 Å². The summed E-state index contributed by atoms with van der Waals surface area (Å²) in [7, 11) is 2.80. The Hall–Kier alpha value is -0.800. The fourth-order valence-electron chi connectivity index (χ4n) is 1.69. The molecule has 2 rings (SSSR count). The summed E-state index contributed by atoms with van der Waals surface area (Å²) in [5.74, 6) is 0.407. The average molecular weight is 355 g/mol. The third-order valence-electron chi connectivity index (χ3n) is 2.54. The van der Waals surface area contributed by atoms with E-state index in [-0.39, 0.29) is 60.8 Å². The van der Waals surface area contributed by atoms with Crippen LogP contribution in [0.15, 0.2) is 24.2 Å². The second-order valence-corrected chi connectivity index (χ2v) is 5.21. The van der Waals surface area contributed by atoms with E-state index in [1.54, 1.807) is 0 Å². The molecule has 0 atom stereocenters. The van der Waals surface area contributed by atoms with E-state index < -0.39 is 0 Å². The first kappa shape index (κ1) is 11.8. The molecule has 0 saturated carbocycles. The summed E-state index contributed by atoms with van der Waals surface area (Å²) in [6, 6.07) is 0.602. The van der Waals surface area contributed by atoms with Gasteiger partial charge in [-0.25, -0.2) is 0 Å². The van der Waals surface area contributed by atoms with Gasteiger partial charge in [0.1, 0.15) is 0 Å². The molecule has 0 aliphatic carbocycles. The van der Waals surface area contributed by atoms with Crippen molar-refractivity contribution in [2.75, 3.05) is 14.2 Å². The first-order valence-corrected chi connectivity index (χ1v) is 6.82. The molecule has 0 spiro atoms. The molecule has 20 heavy (non-hydrogen) atoms. The van der Waals surface area contributed by atoms with Crippen LogP contribution >= 0.6 is 46.4 Å². The van der Waals surface area contributed by atoms with E-state index >= 15 is 0 Å². The smallest absolute Gasteiger partial charge is 0.181 e. The van der Waals surface area contributed by atoms with Gasteiger partial charge >= 0.3 is 0 Å². The van der Waals surface area contributed by atoms with Crippen LogP contribution in [0, 0.1) is 0 Å². The Morgan fingerprint density at radius 1 is 0.900 bits per heavy atom. The molecule has 0 heterocycles. The summed E-state index contributed by atoms with van der Waals surface area (Å²) >= 11 is 24.6. The molecule has 2 aromatic rings. The Kier molecular flexibility index (Phi) is 3.73. The Morgan fingerprint density at radius 3 is 2.15 bits per heavy atom. The number of methoxy groups -OCH3 is 2. The van der Waals surface area contributed by atoms with Crippen LogP contribution in [0.5, 0.6) is 11.5 Å². The van der Waals surface area contributed by atoms with E-state index in [1.807, 2.05) is 0 Å². The zero-order valence-corrected chi connectivity index (χ0v) is 13.4. The van der Waals surface area contributed by atoms with E-state index in [0.717, 1.165) is 0 Å². The highest BCUT2D eigenvalue weighted by Gasteiger charge is 2.20. The topological polar surface area (TPSA) is 18.5 Å². The number of hydrogen-bond donors (Lipinski definition) is 0. The number of benzene rings is 2. The highest BCUT2D eigenvalue weighted by Crippen LogP contribution is 2.47. The van der Waals surface area contributed by atoms with Gasteiger partial charge in [0, 0.05) is 21.2 Å². The first-order valence-electron chi connectivity index (χ1n) is 6.81. The van der Waals surface area contributed by atoms with Gasteiger partial charge in [-0.2, -0.15) is 0 Å². The molecule has 0 fully saturated rings. The maximum atomic E-state index is 8.11. The monoisotopic (exact) mass is 353 g/mol. The molecule has 0 bridgehead atoms. The van der Waals surface area contributed by atoms with Crippen LogP contribution < -0.4 is 9.47 Å². The summed E-state index contributed by atoms with van der Waals surface area (Å²) in [5, 5.41) is -0.0138. The second-order valence-electron chi connectivity index (χ2n) is 3.66. The zero-order valence-electron chi connectivity index (χ0n) is 13.4. The van der Waals surface area contributed by atoms with Gasteiger partial charge in [0.25, 0.3) is 0 Å². The van der Waals surface area contributed by atoms with Crippen molar-refractivity contribution < 1.29 is 13.6 Å². The van der Waals surface area contributed by atoms with Crippen molar-refractivity contribution in [1.82, 2.24) is 0 Å². The van der Waals surface area contributed by atoms with E-state index in [9.17, 15) is 0 Å². The summed E-state index contributed by atoms with van der Waals surface area (Å²) in [4.78, 5) is 0. The molecule has 106 valence electrons. The lowest BCUT2D eigenvalue weighted by Gasteiger charge is -2.15. The van der Waals surface area contributed by atoms with Gasteiger partial charge in [0.15, 0.2) is 11.5 Å². The highest BCUT2D eigenvalue weighted by molar-refractivity contribution is 6.40. The van der Waals surface area contributed by atoms with Gasteiger partial charge in [0.2, 0.25) is 0 Å². The van der Waals surface area contributed by atoms with Gasteiger partial charge < -0.3 is 9.47 Å². The molecule has 0 radical (unpaired) electrons. The number of ether oxygens (including phenoxy) is 2. The molecule has 2 nitrogen and oxygen atoms in total. The summed E-state index contributed by atoms with van der Waals surface area (Å²) in [6.45, 7) is 0. The lowest BCUT2D eigenvalue weighted by atomic mass is 10.0. The third kappa shape index (κ3) is 2.79. The summed E-state index contributed by atoms with van der Waals surface area (Å²) < 4.78 is 34.0. The molecule has 0 unspecified atom stereocenters. The maximum Gasteiger partial charge on any atom is 0.181 e. The van der Waals surface area contributed by atoms with Crippen LogP contribution in [0.4, 0.5) is 0 Å². The van der Waals surface area contributed by atoms with Crippen molar-refractivity contribution >= 4 is 46.4 Å². The van der Waals surface area contributed by atoms with Crippen molar-refractivity contribution in [3.8, 4) is 22.6 Å². The lowest BCUT2D eigenvalue weighted by molar-refractivity contribution is 0.355. The number of hydrogen-bond acceptors (Lipinski definition) is 2. The average Bonchev–Trinajstić information content (AvgIpc) is 2.53. The first-order chi connectivity index (χ1) is 10.8. The molecular weight excluding hydrogens is 342 g/mol. The molecule has 0 aliphatic heterocycles. The standard InChI is InChI=1S/C14H10Cl4O2/c1-19-13-11(17)6-9(12(18)14(13)20-2)8-5-7(15)3-4-10(8)16/h3-6H,1-2H3/i3D,4D,5D. The Bertz CT molecular complexity index is 768. The molecular formula is C14H10Cl4O2. The maximum absolute atomic E-state index is 8.11. The van der Waals surface area contributed by atoms with E-state index in [2.05, 4.69) is 0 Å². The zero-order chi connectivity index (χ0) is 17.5. The van der Waals surface area contributed by atoms with Gasteiger partial charge in [-0.3, -0.25) is 0 Å². The lowest BCUT2D eigenvalue weighted by Crippen LogP contribution is -1.94. The van der Waals surface area contributed by atoms with Crippen molar-refractivity contribution in [3.05, 3.63) is 44.3 Å². The predicted molar refractivity (Wildman–Crippen MR) is 85.0 cm³/mol. The Labute approximate surface area is 141 Å². The summed E-state index contributed by atoms with van der Waals surface area (Å²) in [5.41, 5.74) is 0.366. The van der Waals surface area contributed by atoms with Crippen LogP contribution in [-0.4, -0.2) is 14.2 Å². The van der Waals surface area contributed by atoms with Crippen molar-refractivity contribution in [1.29, 1.82) is 0 Å². The van der Waals surface area contributed by atoms with Gasteiger partial charge in [-0.1, -0.05) is 46.4 Å². The largest absolute Gasteiger partial charge is 0.491 e. The van der Waals surface area contributed by atoms with Crippen molar-refractivity contribution in [3.63, 3.8) is 0 Å². The minimum absolute atomic E-state index is 0.102. The minimum Gasteiger partial charge on any atom is -0.491 e.